The molecule has 8 nitrogen and oxygen atoms in total. The Hall–Kier alpha value is -2.68. The first-order chi connectivity index (χ1) is 12.5. The molecule has 3 aromatic heterocycles. The normalized spacial score (nSPS) is 11.8. The van der Waals surface area contributed by atoms with Gasteiger partial charge in [0.05, 0.1) is 12.7 Å². The molecule has 26 heavy (non-hydrogen) atoms. The molecule has 3 heterocycles. The topological polar surface area (TPSA) is 76.2 Å². The molecular weight excluding hydrogens is 348 g/mol. The molecule has 0 bridgehead atoms. The summed E-state index contributed by atoms with van der Waals surface area (Å²) in [6.07, 6.45) is 3.89. The predicted molar refractivity (Wildman–Crippen MR) is 103 cm³/mol. The van der Waals surface area contributed by atoms with Gasteiger partial charge in [0.15, 0.2) is 11.8 Å². The molecule has 0 aromatic carbocycles. The van der Waals surface area contributed by atoms with Gasteiger partial charge in [-0.2, -0.15) is 5.10 Å². The van der Waals surface area contributed by atoms with E-state index in [0.717, 1.165) is 36.3 Å². The second-order valence-electron chi connectivity index (χ2n) is 6.17. The molecule has 0 spiro atoms. The van der Waals surface area contributed by atoms with Crippen molar-refractivity contribution < 1.29 is 0 Å². The second kappa shape index (κ2) is 8.13. The first-order valence-electron chi connectivity index (χ1n) is 8.37. The number of hydrogen-bond donors (Lipinski definition) is 1. The van der Waals surface area contributed by atoms with E-state index in [1.54, 1.807) is 16.0 Å². The van der Waals surface area contributed by atoms with E-state index in [9.17, 15) is 0 Å². The van der Waals surface area contributed by atoms with Crippen LogP contribution in [0, 0.1) is 6.92 Å². The Balaban J connectivity index is 1.73. The fraction of sp³-hybridized carbons (Fsp3) is 0.412. The van der Waals surface area contributed by atoms with Crippen LogP contribution in [0.3, 0.4) is 0 Å². The van der Waals surface area contributed by atoms with Crippen LogP contribution >= 0.6 is 11.3 Å². The van der Waals surface area contributed by atoms with E-state index in [1.165, 1.54) is 4.88 Å². The highest BCUT2D eigenvalue weighted by atomic mass is 32.1. The van der Waals surface area contributed by atoms with E-state index in [0.29, 0.717) is 6.54 Å². The van der Waals surface area contributed by atoms with Crippen molar-refractivity contribution in [2.75, 3.05) is 7.05 Å². The van der Waals surface area contributed by atoms with Gasteiger partial charge in [-0.1, -0.05) is 6.07 Å². The number of thiophene rings is 1. The minimum atomic E-state index is 0.474. The quantitative estimate of drug-likeness (QED) is 0.526. The van der Waals surface area contributed by atoms with Gasteiger partial charge >= 0.3 is 0 Å². The lowest BCUT2D eigenvalue weighted by atomic mass is 10.3. The Labute approximate surface area is 157 Å². The minimum absolute atomic E-state index is 0.474. The molecule has 3 rings (SSSR count). The Bertz CT molecular complexity index is 861. The lowest BCUT2D eigenvalue weighted by Gasteiger charge is -2.21. The lowest BCUT2D eigenvalue weighted by Crippen LogP contribution is -2.38. The first-order valence-corrected chi connectivity index (χ1v) is 9.25. The van der Waals surface area contributed by atoms with Gasteiger partial charge in [0, 0.05) is 44.3 Å². The van der Waals surface area contributed by atoms with Crippen LogP contribution in [0.15, 0.2) is 34.9 Å². The number of guanidine groups is 1. The monoisotopic (exact) mass is 372 g/mol. The van der Waals surface area contributed by atoms with Crippen LogP contribution in [0.4, 0.5) is 0 Å². The molecule has 0 unspecified atom stereocenters. The molecule has 0 saturated heterocycles. The van der Waals surface area contributed by atoms with Crippen molar-refractivity contribution in [1.29, 1.82) is 0 Å². The summed E-state index contributed by atoms with van der Waals surface area (Å²) in [7, 11) is 5.90. The maximum atomic E-state index is 4.76. The van der Waals surface area contributed by atoms with Crippen LogP contribution in [0.5, 0.6) is 0 Å². The summed E-state index contributed by atoms with van der Waals surface area (Å²) in [5, 5.41) is 18.0. The summed E-state index contributed by atoms with van der Waals surface area (Å²) in [6.45, 7) is 3.87. The third kappa shape index (κ3) is 4.48. The van der Waals surface area contributed by atoms with Gasteiger partial charge < -0.3 is 14.8 Å². The van der Waals surface area contributed by atoms with Gasteiger partial charge in [-0.25, -0.2) is 4.99 Å². The average molecular weight is 373 g/mol. The van der Waals surface area contributed by atoms with Crippen molar-refractivity contribution in [1.82, 2.24) is 34.8 Å². The van der Waals surface area contributed by atoms with Crippen LogP contribution < -0.4 is 5.32 Å². The summed E-state index contributed by atoms with van der Waals surface area (Å²) in [5.74, 6) is 2.54. The van der Waals surface area contributed by atoms with Gasteiger partial charge in [0.1, 0.15) is 12.4 Å². The van der Waals surface area contributed by atoms with Crippen LogP contribution in [-0.2, 0) is 33.7 Å². The number of aromatic nitrogens is 5. The van der Waals surface area contributed by atoms with Crippen LogP contribution in [0.1, 0.15) is 22.1 Å². The van der Waals surface area contributed by atoms with E-state index in [4.69, 9.17) is 4.99 Å². The molecule has 138 valence electrons. The summed E-state index contributed by atoms with van der Waals surface area (Å²) < 4.78 is 3.77. The molecule has 1 N–H and O–H groups in total. The fourth-order valence-electron chi connectivity index (χ4n) is 2.53. The maximum Gasteiger partial charge on any atom is 0.194 e. The van der Waals surface area contributed by atoms with Crippen LogP contribution in [-0.4, -0.2) is 42.5 Å². The fourth-order valence-corrected chi connectivity index (χ4v) is 3.17. The summed E-state index contributed by atoms with van der Waals surface area (Å²) >= 11 is 1.73. The summed E-state index contributed by atoms with van der Waals surface area (Å²) in [4.78, 5) is 8.11. The third-order valence-corrected chi connectivity index (χ3v) is 4.97. The summed E-state index contributed by atoms with van der Waals surface area (Å²) in [6, 6.07) is 4.17. The number of nitrogens with one attached hydrogen (secondary N) is 1. The van der Waals surface area contributed by atoms with E-state index in [1.807, 2.05) is 45.0 Å². The highest BCUT2D eigenvalue weighted by Gasteiger charge is 2.11. The number of hydrogen-bond acceptors (Lipinski definition) is 5. The van der Waals surface area contributed by atoms with Crippen molar-refractivity contribution >= 4 is 17.3 Å². The SMILES string of the molecule is Cc1nnc(CN=C(NCc2cccs2)N(C)Cc2cnn(C)c2)n1C. The van der Waals surface area contributed by atoms with Crippen molar-refractivity contribution in [3.05, 3.63) is 52.0 Å². The zero-order valence-corrected chi connectivity index (χ0v) is 16.4. The molecule has 0 aliphatic heterocycles. The van der Waals surface area contributed by atoms with Gasteiger partial charge in [0.2, 0.25) is 0 Å². The van der Waals surface area contributed by atoms with Gasteiger partial charge in [-0.3, -0.25) is 4.68 Å². The zero-order chi connectivity index (χ0) is 18.5. The number of nitrogens with zero attached hydrogens (tertiary/aromatic N) is 7. The second-order valence-corrected chi connectivity index (χ2v) is 7.21. The molecular formula is C17H24N8S. The predicted octanol–water partition coefficient (Wildman–Crippen LogP) is 1.70. The zero-order valence-electron chi connectivity index (χ0n) is 15.5. The van der Waals surface area contributed by atoms with Crippen molar-refractivity contribution in [3.8, 4) is 0 Å². The molecule has 9 heteroatoms. The molecule has 0 aliphatic rings. The van der Waals surface area contributed by atoms with E-state index < -0.39 is 0 Å². The Kier molecular flexibility index (Phi) is 5.67. The van der Waals surface area contributed by atoms with Crippen molar-refractivity contribution in [2.24, 2.45) is 19.1 Å². The van der Waals surface area contributed by atoms with Crippen LogP contribution in [0.2, 0.25) is 0 Å². The molecule has 0 fully saturated rings. The standard InChI is InChI=1S/C17H24N8S/c1-13-21-22-16(25(13)4)10-19-17(18-9-15-6-5-7-26-15)23(2)11-14-8-20-24(3)12-14/h5-8,12H,9-11H2,1-4H3,(H,18,19). The van der Waals surface area contributed by atoms with Gasteiger partial charge in [0.25, 0.3) is 0 Å². The Morgan fingerprint density at radius 3 is 2.81 bits per heavy atom. The number of aliphatic imine (C=N–C) groups is 1. The van der Waals surface area contributed by atoms with Crippen LogP contribution in [0.25, 0.3) is 0 Å². The minimum Gasteiger partial charge on any atom is -0.351 e. The van der Waals surface area contributed by atoms with E-state index in [-0.39, 0.29) is 0 Å². The highest BCUT2D eigenvalue weighted by molar-refractivity contribution is 7.09. The lowest BCUT2D eigenvalue weighted by molar-refractivity contribution is 0.474. The number of aryl methyl sites for hydroxylation is 2. The molecule has 0 atom stereocenters. The Morgan fingerprint density at radius 2 is 2.19 bits per heavy atom. The average Bonchev–Trinajstić information content (AvgIpc) is 3.33. The highest BCUT2D eigenvalue weighted by Crippen LogP contribution is 2.09. The molecule has 0 radical (unpaired) electrons. The Morgan fingerprint density at radius 1 is 1.35 bits per heavy atom. The van der Waals surface area contributed by atoms with E-state index in [2.05, 4.69) is 43.0 Å². The van der Waals surface area contributed by atoms with Gasteiger partial charge in [-0.05, 0) is 18.4 Å². The number of rotatable bonds is 6. The molecule has 3 aromatic rings. The molecule has 0 saturated carbocycles. The summed E-state index contributed by atoms with van der Waals surface area (Å²) in [5.41, 5.74) is 1.13. The molecule has 0 aliphatic carbocycles. The molecule has 0 amide bonds. The van der Waals surface area contributed by atoms with Crippen molar-refractivity contribution in [2.45, 2.75) is 26.6 Å². The third-order valence-electron chi connectivity index (χ3n) is 4.09. The van der Waals surface area contributed by atoms with Crippen molar-refractivity contribution in [3.63, 3.8) is 0 Å². The van der Waals surface area contributed by atoms with Gasteiger partial charge in [-0.15, -0.1) is 21.5 Å². The largest absolute Gasteiger partial charge is 0.351 e. The van der Waals surface area contributed by atoms with E-state index >= 15 is 0 Å². The first kappa shape index (κ1) is 18.1. The maximum absolute atomic E-state index is 4.76. The smallest absolute Gasteiger partial charge is 0.194 e.